The zero-order valence-corrected chi connectivity index (χ0v) is 11.7. The van der Waals surface area contributed by atoms with E-state index in [1.165, 1.54) is 19.3 Å². The Morgan fingerprint density at radius 3 is 1.88 bits per heavy atom. The Morgan fingerprint density at radius 2 is 1.65 bits per heavy atom. The van der Waals surface area contributed by atoms with Gasteiger partial charge in [-0.05, 0) is 25.8 Å². The molecule has 108 valence electrons. The minimum absolute atomic E-state index is 0. The number of rotatable bonds is 7. The number of hydrogen-bond donors (Lipinski definition) is 3. The molecule has 7 heteroatoms. The summed E-state index contributed by atoms with van der Waals surface area (Å²) < 4.78 is 40.4. The van der Waals surface area contributed by atoms with Gasteiger partial charge in [-0.25, -0.2) is 4.39 Å². The maximum absolute atomic E-state index is 12.3. The van der Waals surface area contributed by atoms with Crippen LogP contribution in [-0.2, 0) is 10.1 Å². The molecule has 0 saturated heterocycles. The molecule has 0 spiro atoms. The predicted molar refractivity (Wildman–Crippen MR) is 69.6 cm³/mol. The lowest BCUT2D eigenvalue weighted by Crippen LogP contribution is -2.14. The van der Waals surface area contributed by atoms with E-state index in [0.717, 1.165) is 13.0 Å². The van der Waals surface area contributed by atoms with Gasteiger partial charge in [-0.1, -0.05) is 33.1 Å². The molecule has 0 bridgehead atoms. The SMILES string of the molecule is CCCCC(F)S(=O)(=O)O.CCCCCN.N. The second-order valence-electron chi connectivity index (χ2n) is 3.56. The standard InChI is InChI=1S/C5H11FO3S.C5H13N.H3N/c1-2-3-4-5(6)10(7,8)9;1-2-3-4-5-6;/h5H,2-4H2,1H3,(H,7,8,9);2-6H2,1H3;1H3. The van der Waals surface area contributed by atoms with Gasteiger partial charge in [-0.15, -0.1) is 0 Å². The number of hydrogen-bond acceptors (Lipinski definition) is 4. The van der Waals surface area contributed by atoms with Crippen molar-refractivity contribution in [3.8, 4) is 0 Å². The Hall–Kier alpha value is -0.240. The van der Waals surface area contributed by atoms with E-state index in [-0.39, 0.29) is 12.6 Å². The van der Waals surface area contributed by atoms with Crippen LogP contribution in [0.25, 0.3) is 0 Å². The minimum Gasteiger partial charge on any atom is -0.344 e. The smallest absolute Gasteiger partial charge is 0.297 e. The highest BCUT2D eigenvalue weighted by atomic mass is 32.2. The molecule has 0 radical (unpaired) electrons. The van der Waals surface area contributed by atoms with Crippen molar-refractivity contribution in [2.45, 2.75) is 57.9 Å². The first-order chi connectivity index (χ1) is 7.40. The van der Waals surface area contributed by atoms with Gasteiger partial charge < -0.3 is 11.9 Å². The number of halogens is 1. The summed E-state index contributed by atoms with van der Waals surface area (Å²) in [6.45, 7) is 4.85. The summed E-state index contributed by atoms with van der Waals surface area (Å²) in [6, 6.07) is 0. The number of nitrogens with two attached hydrogens (primary N) is 1. The molecule has 1 atom stereocenters. The van der Waals surface area contributed by atoms with Crippen molar-refractivity contribution in [2.24, 2.45) is 5.73 Å². The van der Waals surface area contributed by atoms with Gasteiger partial charge in [0, 0.05) is 0 Å². The third-order valence-electron chi connectivity index (χ3n) is 1.92. The van der Waals surface area contributed by atoms with Gasteiger partial charge in [0.1, 0.15) is 0 Å². The van der Waals surface area contributed by atoms with Crippen LogP contribution < -0.4 is 11.9 Å². The van der Waals surface area contributed by atoms with Crippen LogP contribution in [-0.4, -0.2) is 25.0 Å². The lowest BCUT2D eigenvalue weighted by Gasteiger charge is -2.01. The Balaban J connectivity index is -0.000000244. The summed E-state index contributed by atoms with van der Waals surface area (Å²) in [5.74, 6) is 0. The molecule has 0 saturated carbocycles. The summed E-state index contributed by atoms with van der Waals surface area (Å²) >= 11 is 0. The molecule has 0 amide bonds. The van der Waals surface area contributed by atoms with E-state index in [0.29, 0.717) is 6.42 Å². The largest absolute Gasteiger partial charge is 0.344 e. The third-order valence-corrected chi connectivity index (χ3v) is 2.80. The third kappa shape index (κ3) is 18.3. The average molecular weight is 274 g/mol. The zero-order valence-electron chi connectivity index (χ0n) is 10.9. The zero-order chi connectivity index (χ0) is 13.0. The van der Waals surface area contributed by atoms with E-state index >= 15 is 0 Å². The van der Waals surface area contributed by atoms with Crippen molar-refractivity contribution >= 4 is 10.1 Å². The first kappa shape index (κ1) is 22.0. The van der Waals surface area contributed by atoms with Crippen LogP contribution in [0.1, 0.15) is 52.4 Å². The van der Waals surface area contributed by atoms with Crippen molar-refractivity contribution in [1.29, 1.82) is 0 Å². The maximum Gasteiger partial charge on any atom is 0.297 e. The molecular formula is C10H27FN2O3S. The summed E-state index contributed by atoms with van der Waals surface area (Å²) in [7, 11) is -4.44. The molecule has 0 heterocycles. The Labute approximate surface area is 104 Å². The summed E-state index contributed by atoms with van der Waals surface area (Å²) in [6.07, 6.45) is 4.83. The number of unbranched alkanes of at least 4 members (excludes halogenated alkanes) is 3. The van der Waals surface area contributed by atoms with E-state index in [4.69, 9.17) is 10.3 Å². The van der Waals surface area contributed by atoms with Crippen molar-refractivity contribution in [3.63, 3.8) is 0 Å². The number of alkyl halides is 1. The molecule has 0 rings (SSSR count). The molecule has 0 aromatic carbocycles. The summed E-state index contributed by atoms with van der Waals surface area (Å²) in [4.78, 5) is 0. The lowest BCUT2D eigenvalue weighted by atomic mass is 10.3. The first-order valence-electron chi connectivity index (χ1n) is 5.70. The van der Waals surface area contributed by atoms with Crippen molar-refractivity contribution in [2.75, 3.05) is 6.54 Å². The Morgan fingerprint density at radius 1 is 1.18 bits per heavy atom. The molecule has 0 aromatic heterocycles. The van der Waals surface area contributed by atoms with E-state index in [9.17, 15) is 12.8 Å². The fraction of sp³-hybridized carbons (Fsp3) is 1.00. The predicted octanol–water partition coefficient (Wildman–Crippen LogP) is 2.66. The van der Waals surface area contributed by atoms with Gasteiger partial charge >= 0.3 is 0 Å². The molecule has 17 heavy (non-hydrogen) atoms. The maximum atomic E-state index is 12.3. The van der Waals surface area contributed by atoms with Gasteiger partial charge in [0.05, 0.1) is 0 Å². The molecule has 6 N–H and O–H groups in total. The molecule has 1 unspecified atom stereocenters. The second-order valence-corrected chi connectivity index (χ2v) is 5.10. The minimum atomic E-state index is -4.44. The molecule has 0 aliphatic carbocycles. The van der Waals surface area contributed by atoms with Crippen LogP contribution in [0.3, 0.4) is 0 Å². The highest BCUT2D eigenvalue weighted by Crippen LogP contribution is 2.09. The fourth-order valence-electron chi connectivity index (χ4n) is 0.908. The van der Waals surface area contributed by atoms with E-state index in [1.54, 1.807) is 0 Å². The molecule has 0 aliphatic heterocycles. The molecule has 5 nitrogen and oxygen atoms in total. The Bertz CT molecular complexity index is 232. The van der Waals surface area contributed by atoms with Gasteiger partial charge in [0.25, 0.3) is 10.1 Å². The van der Waals surface area contributed by atoms with E-state index in [2.05, 4.69) is 6.92 Å². The van der Waals surface area contributed by atoms with Crippen LogP contribution in [0.4, 0.5) is 4.39 Å². The molecule has 0 fully saturated rings. The Kier molecular flexibility index (Phi) is 17.9. The summed E-state index contributed by atoms with van der Waals surface area (Å²) in [5, 5.41) is 0. The molecule has 0 aliphatic rings. The van der Waals surface area contributed by atoms with Gasteiger partial charge in [-0.3, -0.25) is 4.55 Å². The summed E-state index contributed by atoms with van der Waals surface area (Å²) in [5.41, 5.74) is 3.11. The van der Waals surface area contributed by atoms with Crippen LogP contribution in [0, 0.1) is 0 Å². The van der Waals surface area contributed by atoms with Crippen LogP contribution in [0.2, 0.25) is 0 Å². The average Bonchev–Trinajstić information content (AvgIpc) is 2.22. The molecule has 0 aromatic rings. The van der Waals surface area contributed by atoms with E-state index < -0.39 is 15.6 Å². The normalized spacial score (nSPS) is 12.1. The van der Waals surface area contributed by atoms with Crippen LogP contribution in [0.15, 0.2) is 0 Å². The van der Waals surface area contributed by atoms with Crippen molar-refractivity contribution < 1.29 is 17.4 Å². The van der Waals surface area contributed by atoms with Gasteiger partial charge in [-0.2, -0.15) is 8.42 Å². The lowest BCUT2D eigenvalue weighted by molar-refractivity contribution is 0.353. The fourth-order valence-corrected chi connectivity index (χ4v) is 1.37. The highest BCUT2D eigenvalue weighted by molar-refractivity contribution is 7.86. The topological polar surface area (TPSA) is 115 Å². The first-order valence-corrected chi connectivity index (χ1v) is 7.20. The van der Waals surface area contributed by atoms with Gasteiger partial charge in [0.2, 0.25) is 5.50 Å². The monoisotopic (exact) mass is 274 g/mol. The van der Waals surface area contributed by atoms with E-state index in [1.807, 2.05) is 6.92 Å². The highest BCUT2D eigenvalue weighted by Gasteiger charge is 2.20. The van der Waals surface area contributed by atoms with Crippen LogP contribution in [0.5, 0.6) is 0 Å². The molecular weight excluding hydrogens is 247 g/mol. The van der Waals surface area contributed by atoms with Crippen LogP contribution >= 0.6 is 0 Å². The van der Waals surface area contributed by atoms with Gasteiger partial charge in [0.15, 0.2) is 0 Å². The van der Waals surface area contributed by atoms with Crippen molar-refractivity contribution in [1.82, 2.24) is 6.15 Å². The quantitative estimate of drug-likeness (QED) is 0.487. The van der Waals surface area contributed by atoms with Crippen molar-refractivity contribution in [3.05, 3.63) is 0 Å². The second kappa shape index (κ2) is 13.8.